The second-order valence-electron chi connectivity index (χ2n) is 8.30. The Morgan fingerprint density at radius 2 is 2.09 bits per heavy atom. The number of nitrogens with two attached hydrogens (primary N) is 1. The maximum absolute atomic E-state index is 13.7. The summed E-state index contributed by atoms with van der Waals surface area (Å²) >= 11 is -1.60. The van der Waals surface area contributed by atoms with Gasteiger partial charge in [-0.1, -0.05) is 24.3 Å². The van der Waals surface area contributed by atoms with Gasteiger partial charge in [-0.15, -0.1) is 0 Å². The summed E-state index contributed by atoms with van der Waals surface area (Å²) in [5.41, 5.74) is 9.63. The molecule has 2 aliphatic heterocycles. The monoisotopic (exact) mass is 463 g/mol. The number of rotatable bonds is 4. The third-order valence-electron chi connectivity index (χ3n) is 6.16. The van der Waals surface area contributed by atoms with Gasteiger partial charge in [0.25, 0.3) is 5.91 Å². The highest BCUT2D eigenvalue weighted by Crippen LogP contribution is 2.31. The van der Waals surface area contributed by atoms with Crippen LogP contribution in [-0.2, 0) is 11.2 Å². The summed E-state index contributed by atoms with van der Waals surface area (Å²) in [5, 5.41) is 0.868. The van der Waals surface area contributed by atoms with Gasteiger partial charge >= 0.3 is 0 Å². The fourth-order valence-electron chi connectivity index (χ4n) is 4.55. The van der Waals surface area contributed by atoms with E-state index >= 15 is 0 Å². The largest absolute Gasteiger partial charge is 0.491 e. The number of benzene rings is 2. The molecular weight excluding hydrogens is 438 g/mol. The summed E-state index contributed by atoms with van der Waals surface area (Å²) in [5.74, 6) is 0.738. The molecule has 8 nitrogen and oxygen atoms in total. The SMILES string of the molecule is Cc1cnc2ccccc2c1C(=O)N1CCCCC1COc1cccc2c1C(N)=NS(=O)N2. The van der Waals surface area contributed by atoms with Gasteiger partial charge in [0.2, 0.25) is 11.2 Å². The first-order valence-corrected chi connectivity index (χ1v) is 12.1. The fourth-order valence-corrected chi connectivity index (χ4v) is 5.22. The van der Waals surface area contributed by atoms with Crippen molar-refractivity contribution in [1.82, 2.24) is 9.88 Å². The molecular formula is C24H25N5O3S. The van der Waals surface area contributed by atoms with Crippen LogP contribution in [0.15, 0.2) is 53.1 Å². The van der Waals surface area contributed by atoms with Crippen LogP contribution in [0.3, 0.4) is 0 Å². The van der Waals surface area contributed by atoms with Crippen LogP contribution < -0.4 is 15.2 Å². The minimum atomic E-state index is -1.60. The Morgan fingerprint density at radius 3 is 2.97 bits per heavy atom. The van der Waals surface area contributed by atoms with E-state index in [0.717, 1.165) is 35.7 Å². The van der Waals surface area contributed by atoms with E-state index in [0.29, 0.717) is 35.7 Å². The van der Waals surface area contributed by atoms with Crippen molar-refractivity contribution in [2.24, 2.45) is 10.1 Å². The Labute approximate surface area is 194 Å². The zero-order chi connectivity index (χ0) is 22.9. The summed E-state index contributed by atoms with van der Waals surface area (Å²) in [7, 11) is 0. The fraction of sp³-hybridized carbons (Fsp3) is 0.292. The van der Waals surface area contributed by atoms with Crippen LogP contribution in [0.4, 0.5) is 5.69 Å². The highest BCUT2D eigenvalue weighted by molar-refractivity contribution is 7.85. The molecule has 33 heavy (non-hydrogen) atoms. The number of hydrogen-bond acceptors (Lipinski definition) is 5. The Kier molecular flexibility index (Phi) is 5.72. The second-order valence-corrected chi connectivity index (χ2v) is 9.18. The smallest absolute Gasteiger partial charge is 0.255 e. The molecule has 3 heterocycles. The third kappa shape index (κ3) is 4.04. The van der Waals surface area contributed by atoms with E-state index in [2.05, 4.69) is 14.1 Å². The lowest BCUT2D eigenvalue weighted by molar-refractivity contribution is 0.0529. The van der Waals surface area contributed by atoms with E-state index < -0.39 is 11.2 Å². The summed E-state index contributed by atoms with van der Waals surface area (Å²) < 4.78 is 24.6. The lowest BCUT2D eigenvalue weighted by Gasteiger charge is -2.36. The molecule has 2 aromatic carbocycles. The Morgan fingerprint density at radius 1 is 1.24 bits per heavy atom. The van der Waals surface area contributed by atoms with Crippen molar-refractivity contribution < 1.29 is 13.7 Å². The van der Waals surface area contributed by atoms with Crippen LogP contribution in [0, 0.1) is 6.92 Å². The summed E-state index contributed by atoms with van der Waals surface area (Å²) in [6.07, 6.45) is 4.61. The second kappa shape index (κ2) is 8.82. The van der Waals surface area contributed by atoms with Crippen LogP contribution in [0.5, 0.6) is 5.75 Å². The zero-order valence-electron chi connectivity index (χ0n) is 18.3. The van der Waals surface area contributed by atoms with Gasteiger partial charge in [-0.3, -0.25) is 14.5 Å². The first kappa shape index (κ1) is 21.4. The summed E-state index contributed by atoms with van der Waals surface area (Å²) in [4.78, 5) is 20.1. The molecule has 5 rings (SSSR count). The van der Waals surface area contributed by atoms with E-state index in [4.69, 9.17) is 10.5 Å². The number of aromatic nitrogens is 1. The molecule has 0 bridgehead atoms. The van der Waals surface area contributed by atoms with Crippen molar-refractivity contribution >= 4 is 39.5 Å². The summed E-state index contributed by atoms with van der Waals surface area (Å²) in [6.45, 7) is 2.94. The Hall–Kier alpha value is -3.46. The number of aryl methyl sites for hydroxylation is 1. The number of carbonyl (C=O) groups is 1. The maximum atomic E-state index is 13.7. The molecule has 0 saturated carbocycles. The topological polar surface area (TPSA) is 110 Å². The molecule has 0 aliphatic carbocycles. The van der Waals surface area contributed by atoms with Crippen LogP contribution in [0.1, 0.15) is 40.7 Å². The number of hydrogen-bond donors (Lipinski definition) is 2. The average Bonchev–Trinajstić information content (AvgIpc) is 2.82. The lowest BCUT2D eigenvalue weighted by atomic mass is 9.98. The number of ether oxygens (including phenoxy) is 1. The Bertz CT molecular complexity index is 1290. The van der Waals surface area contributed by atoms with Crippen molar-refractivity contribution in [2.45, 2.75) is 32.2 Å². The van der Waals surface area contributed by atoms with Gasteiger partial charge in [0.1, 0.15) is 18.2 Å². The lowest BCUT2D eigenvalue weighted by Crippen LogP contribution is -2.47. The molecule has 170 valence electrons. The molecule has 9 heteroatoms. The van der Waals surface area contributed by atoms with E-state index in [1.54, 1.807) is 12.3 Å². The van der Waals surface area contributed by atoms with Crippen LogP contribution in [0.2, 0.25) is 0 Å². The van der Waals surface area contributed by atoms with Gasteiger partial charge in [0.05, 0.1) is 28.4 Å². The zero-order valence-corrected chi connectivity index (χ0v) is 19.1. The molecule has 0 spiro atoms. The highest BCUT2D eigenvalue weighted by Gasteiger charge is 2.30. The molecule has 2 aliphatic rings. The minimum absolute atomic E-state index is 0.00707. The number of anilines is 1. The first-order chi connectivity index (χ1) is 16.0. The van der Waals surface area contributed by atoms with Crippen molar-refractivity contribution in [2.75, 3.05) is 17.9 Å². The van der Waals surface area contributed by atoms with Crippen LogP contribution in [-0.4, -0.2) is 45.0 Å². The number of nitrogens with zero attached hydrogens (tertiary/aromatic N) is 3. The number of likely N-dealkylation sites (tertiary alicyclic amines) is 1. The molecule has 0 radical (unpaired) electrons. The number of piperidine rings is 1. The number of amides is 1. The van der Waals surface area contributed by atoms with Crippen molar-refractivity contribution in [1.29, 1.82) is 0 Å². The molecule has 2 atom stereocenters. The molecule has 1 fully saturated rings. The normalized spacial score (nSPS) is 20.0. The number of para-hydroxylation sites is 1. The number of fused-ring (bicyclic) bond motifs is 2. The van der Waals surface area contributed by atoms with E-state index in [9.17, 15) is 9.00 Å². The molecule has 1 aromatic heterocycles. The predicted molar refractivity (Wildman–Crippen MR) is 130 cm³/mol. The van der Waals surface area contributed by atoms with E-state index in [1.807, 2.05) is 48.2 Å². The van der Waals surface area contributed by atoms with E-state index in [1.165, 1.54) is 0 Å². The highest BCUT2D eigenvalue weighted by atomic mass is 32.2. The van der Waals surface area contributed by atoms with E-state index in [-0.39, 0.29) is 17.8 Å². The number of carbonyl (C=O) groups excluding carboxylic acids is 1. The molecule has 1 amide bonds. The molecule has 2 unspecified atom stereocenters. The number of nitrogens with one attached hydrogen (secondary N) is 1. The predicted octanol–water partition coefficient (Wildman–Crippen LogP) is 3.33. The van der Waals surface area contributed by atoms with Crippen molar-refractivity contribution in [3.8, 4) is 5.75 Å². The number of amidine groups is 1. The van der Waals surface area contributed by atoms with Crippen LogP contribution in [0.25, 0.3) is 10.9 Å². The van der Waals surface area contributed by atoms with Crippen molar-refractivity contribution in [3.63, 3.8) is 0 Å². The molecule has 3 aromatic rings. The quantitative estimate of drug-likeness (QED) is 0.617. The minimum Gasteiger partial charge on any atom is -0.491 e. The molecule has 1 saturated heterocycles. The number of pyridine rings is 1. The van der Waals surface area contributed by atoms with Crippen molar-refractivity contribution in [3.05, 3.63) is 65.4 Å². The average molecular weight is 464 g/mol. The van der Waals surface area contributed by atoms with Crippen LogP contribution >= 0.6 is 0 Å². The van der Waals surface area contributed by atoms with Gasteiger partial charge in [-0.05, 0) is 49.9 Å². The van der Waals surface area contributed by atoms with Gasteiger partial charge in [0, 0.05) is 18.1 Å². The third-order valence-corrected chi connectivity index (χ3v) is 6.92. The van der Waals surface area contributed by atoms with Gasteiger partial charge < -0.3 is 15.4 Å². The summed E-state index contributed by atoms with van der Waals surface area (Å²) in [6, 6.07) is 13.1. The van der Waals surface area contributed by atoms with Gasteiger partial charge in [-0.2, -0.15) is 4.40 Å². The molecule has 3 N–H and O–H groups in total. The van der Waals surface area contributed by atoms with Gasteiger partial charge in [-0.25, -0.2) is 4.21 Å². The standard InChI is InChI=1S/C24H25N5O3S/c1-15-13-26-18-9-3-2-8-17(18)21(15)24(30)29-12-5-4-7-16(29)14-32-20-11-6-10-19-22(20)23(25)28-33(31)27-19/h2-3,6,8-11,13,16,27H,4-5,7,12,14H2,1H3,(H2,25,28). The maximum Gasteiger partial charge on any atom is 0.255 e. The first-order valence-electron chi connectivity index (χ1n) is 11.0. The Balaban J connectivity index is 1.41. The van der Waals surface area contributed by atoms with Gasteiger partial charge in [0.15, 0.2) is 0 Å².